The largest absolute Gasteiger partial charge is 0.322 e. The van der Waals surface area contributed by atoms with Crippen LogP contribution in [0.25, 0.3) is 0 Å². The van der Waals surface area contributed by atoms with E-state index in [1.165, 1.54) is 37.3 Å². The molecular formula is C19H22ClN3+2. The Balaban J connectivity index is 1.48. The number of hydrogen-bond donors (Lipinski definition) is 2. The molecule has 0 saturated carbocycles. The molecule has 1 aliphatic rings. The van der Waals surface area contributed by atoms with Gasteiger partial charge in [0.1, 0.15) is 39.3 Å². The molecule has 4 heteroatoms. The summed E-state index contributed by atoms with van der Waals surface area (Å²) in [6, 6.07) is 18.4. The van der Waals surface area contributed by atoms with E-state index in [4.69, 9.17) is 16.9 Å². The van der Waals surface area contributed by atoms with E-state index < -0.39 is 0 Å². The molecule has 1 heterocycles. The Hall–Kier alpha value is -1.86. The lowest BCUT2D eigenvalue weighted by atomic mass is 10.1. The number of halogens is 1. The number of nitrogens with zero attached hydrogens (tertiary/aromatic N) is 1. The first kappa shape index (κ1) is 16.0. The molecule has 0 atom stereocenters. The lowest BCUT2D eigenvalue weighted by Gasteiger charge is -2.29. The fourth-order valence-electron chi connectivity index (χ4n) is 3.19. The summed E-state index contributed by atoms with van der Waals surface area (Å²) in [5, 5.41) is 9.66. The van der Waals surface area contributed by atoms with Gasteiger partial charge < -0.3 is 9.80 Å². The van der Waals surface area contributed by atoms with Gasteiger partial charge in [-0.05, 0) is 24.3 Å². The number of benzene rings is 2. The van der Waals surface area contributed by atoms with Crippen molar-refractivity contribution in [3.8, 4) is 6.07 Å². The maximum absolute atomic E-state index is 8.85. The monoisotopic (exact) mass is 327 g/mol. The maximum Gasteiger partial charge on any atom is 0.127 e. The minimum Gasteiger partial charge on any atom is -0.322 e. The number of quaternary nitrogens is 2. The normalized spacial score (nSPS) is 20.9. The van der Waals surface area contributed by atoms with Gasteiger partial charge in [-0.2, -0.15) is 5.26 Å². The number of piperazine rings is 1. The van der Waals surface area contributed by atoms with Crippen molar-refractivity contribution >= 4 is 11.6 Å². The summed E-state index contributed by atoms with van der Waals surface area (Å²) < 4.78 is 0. The molecule has 2 aromatic rings. The van der Waals surface area contributed by atoms with E-state index in [0.717, 1.165) is 23.7 Å². The van der Waals surface area contributed by atoms with E-state index in [2.05, 4.69) is 30.3 Å². The van der Waals surface area contributed by atoms with Crippen LogP contribution < -0.4 is 9.80 Å². The van der Waals surface area contributed by atoms with E-state index in [-0.39, 0.29) is 0 Å². The highest BCUT2D eigenvalue weighted by Crippen LogP contribution is 2.08. The van der Waals surface area contributed by atoms with Crippen molar-refractivity contribution in [1.82, 2.24) is 0 Å². The molecule has 0 amide bonds. The van der Waals surface area contributed by atoms with Gasteiger partial charge in [-0.15, -0.1) is 0 Å². The molecular weight excluding hydrogens is 306 g/mol. The second kappa shape index (κ2) is 7.61. The van der Waals surface area contributed by atoms with Crippen LogP contribution in [0.3, 0.4) is 0 Å². The fourth-order valence-corrected chi connectivity index (χ4v) is 3.31. The van der Waals surface area contributed by atoms with Crippen LogP contribution in [0.15, 0.2) is 48.5 Å². The first-order chi connectivity index (χ1) is 11.2. The number of rotatable bonds is 4. The van der Waals surface area contributed by atoms with Gasteiger partial charge >= 0.3 is 0 Å². The smallest absolute Gasteiger partial charge is 0.127 e. The summed E-state index contributed by atoms with van der Waals surface area (Å²) in [7, 11) is 0. The van der Waals surface area contributed by atoms with Crippen molar-refractivity contribution in [3.63, 3.8) is 0 Å². The van der Waals surface area contributed by atoms with Crippen LogP contribution in [0.4, 0.5) is 0 Å². The third-order valence-electron chi connectivity index (χ3n) is 4.57. The molecule has 1 fully saturated rings. The van der Waals surface area contributed by atoms with Gasteiger partial charge in [-0.1, -0.05) is 35.9 Å². The Morgan fingerprint density at radius 2 is 1.22 bits per heavy atom. The number of nitrogens with one attached hydrogen (secondary N) is 2. The Morgan fingerprint density at radius 3 is 1.65 bits per heavy atom. The van der Waals surface area contributed by atoms with E-state index in [9.17, 15) is 0 Å². The first-order valence-corrected chi connectivity index (χ1v) is 8.51. The standard InChI is InChI=1S/C19H20ClN3/c20-19-7-5-18(6-8-19)15-23-11-9-22(10-12-23)14-17-3-1-16(13-21)2-4-17/h1-8H,9-12,14-15H2/p+2. The van der Waals surface area contributed by atoms with Gasteiger partial charge in [0, 0.05) is 16.1 Å². The van der Waals surface area contributed by atoms with Crippen LogP contribution in [0, 0.1) is 11.3 Å². The minimum absolute atomic E-state index is 0.737. The second-order valence-electron chi connectivity index (χ2n) is 6.29. The Labute approximate surface area is 142 Å². The third-order valence-corrected chi connectivity index (χ3v) is 4.82. The van der Waals surface area contributed by atoms with Gasteiger partial charge in [0.2, 0.25) is 0 Å². The maximum atomic E-state index is 8.85. The molecule has 0 spiro atoms. The van der Waals surface area contributed by atoms with E-state index >= 15 is 0 Å². The molecule has 23 heavy (non-hydrogen) atoms. The van der Waals surface area contributed by atoms with Gasteiger partial charge in [0.15, 0.2) is 0 Å². The highest BCUT2D eigenvalue weighted by Gasteiger charge is 2.23. The van der Waals surface area contributed by atoms with Crippen LogP contribution in [0.1, 0.15) is 16.7 Å². The van der Waals surface area contributed by atoms with Gasteiger partial charge in [0.25, 0.3) is 0 Å². The number of nitriles is 1. The van der Waals surface area contributed by atoms with Crippen LogP contribution >= 0.6 is 11.6 Å². The van der Waals surface area contributed by atoms with Gasteiger partial charge in [-0.25, -0.2) is 0 Å². The SMILES string of the molecule is N#Cc1ccc(C[NH+]2CC[NH+](Cc3ccc(Cl)cc3)CC2)cc1. The first-order valence-electron chi connectivity index (χ1n) is 8.13. The summed E-state index contributed by atoms with van der Waals surface area (Å²) >= 11 is 5.94. The Morgan fingerprint density at radius 1 is 0.783 bits per heavy atom. The number of hydrogen-bond acceptors (Lipinski definition) is 1. The zero-order chi connectivity index (χ0) is 16.1. The Kier molecular flexibility index (Phi) is 5.30. The molecule has 0 radical (unpaired) electrons. The van der Waals surface area contributed by atoms with E-state index in [1.807, 2.05) is 24.3 Å². The quantitative estimate of drug-likeness (QED) is 0.851. The van der Waals surface area contributed by atoms with Gasteiger partial charge in [0.05, 0.1) is 11.6 Å². The summed E-state index contributed by atoms with van der Waals surface area (Å²) in [6.45, 7) is 6.94. The van der Waals surface area contributed by atoms with Crippen molar-refractivity contribution in [3.05, 3.63) is 70.2 Å². The van der Waals surface area contributed by atoms with Crippen molar-refractivity contribution in [1.29, 1.82) is 5.26 Å². The lowest BCUT2D eigenvalue weighted by molar-refractivity contribution is -1.02. The van der Waals surface area contributed by atoms with Gasteiger partial charge in [-0.3, -0.25) is 0 Å². The lowest BCUT2D eigenvalue weighted by Crippen LogP contribution is -3.27. The average molecular weight is 328 g/mol. The molecule has 0 aliphatic carbocycles. The van der Waals surface area contributed by atoms with Crippen molar-refractivity contribution in [2.24, 2.45) is 0 Å². The molecule has 3 rings (SSSR count). The highest BCUT2D eigenvalue weighted by atomic mass is 35.5. The summed E-state index contributed by atoms with van der Waals surface area (Å²) in [5.41, 5.74) is 3.42. The molecule has 1 saturated heterocycles. The molecule has 0 aromatic heterocycles. The highest BCUT2D eigenvalue weighted by molar-refractivity contribution is 6.30. The molecule has 1 aliphatic heterocycles. The van der Waals surface area contributed by atoms with Crippen LogP contribution in [0.2, 0.25) is 5.02 Å². The predicted molar refractivity (Wildman–Crippen MR) is 91.4 cm³/mol. The Bertz CT molecular complexity index is 665. The summed E-state index contributed by atoms with van der Waals surface area (Å²) in [5.74, 6) is 0. The summed E-state index contributed by atoms with van der Waals surface area (Å²) in [4.78, 5) is 3.28. The second-order valence-corrected chi connectivity index (χ2v) is 6.73. The van der Waals surface area contributed by atoms with E-state index in [0.29, 0.717) is 0 Å². The minimum atomic E-state index is 0.737. The predicted octanol–water partition coefficient (Wildman–Crippen LogP) is 0.695. The molecule has 2 N–H and O–H groups in total. The third kappa shape index (κ3) is 4.56. The molecule has 0 bridgehead atoms. The molecule has 0 unspecified atom stereocenters. The summed E-state index contributed by atoms with van der Waals surface area (Å²) in [6.07, 6.45) is 0. The molecule has 118 valence electrons. The molecule has 3 nitrogen and oxygen atoms in total. The zero-order valence-electron chi connectivity index (χ0n) is 13.2. The average Bonchev–Trinajstić information content (AvgIpc) is 2.59. The van der Waals surface area contributed by atoms with Crippen molar-refractivity contribution in [2.75, 3.05) is 26.2 Å². The zero-order valence-corrected chi connectivity index (χ0v) is 13.9. The van der Waals surface area contributed by atoms with Crippen LogP contribution in [-0.4, -0.2) is 26.2 Å². The van der Waals surface area contributed by atoms with Crippen LogP contribution in [-0.2, 0) is 13.1 Å². The molecule has 2 aromatic carbocycles. The topological polar surface area (TPSA) is 32.7 Å². The van der Waals surface area contributed by atoms with Crippen LogP contribution in [0.5, 0.6) is 0 Å². The van der Waals surface area contributed by atoms with Crippen molar-refractivity contribution in [2.45, 2.75) is 13.1 Å². The van der Waals surface area contributed by atoms with Crippen molar-refractivity contribution < 1.29 is 9.80 Å². The van der Waals surface area contributed by atoms with E-state index in [1.54, 1.807) is 9.80 Å². The fraction of sp³-hybridized carbons (Fsp3) is 0.316.